The fourth-order valence-electron chi connectivity index (χ4n) is 1.82. The van der Waals surface area contributed by atoms with Crippen molar-refractivity contribution in [1.29, 1.82) is 0 Å². The third kappa shape index (κ3) is 3.77. The quantitative estimate of drug-likeness (QED) is 0.748. The van der Waals surface area contributed by atoms with Crippen molar-refractivity contribution in [2.45, 2.75) is 39.5 Å². The van der Waals surface area contributed by atoms with Crippen LogP contribution in [0.4, 0.5) is 8.78 Å². The first-order valence-corrected chi connectivity index (χ1v) is 6.23. The van der Waals surface area contributed by atoms with Gasteiger partial charge in [0.15, 0.2) is 11.6 Å². The van der Waals surface area contributed by atoms with Gasteiger partial charge in [-0.1, -0.05) is 26.0 Å². The van der Waals surface area contributed by atoms with Gasteiger partial charge in [0.1, 0.15) is 0 Å². The van der Waals surface area contributed by atoms with Gasteiger partial charge in [-0.05, 0) is 49.9 Å². The SMILES string of the molecule is CCCNCCC(C)c1ccc(C)c(F)c1F. The maximum Gasteiger partial charge on any atom is 0.162 e. The van der Waals surface area contributed by atoms with Crippen LogP contribution in [-0.4, -0.2) is 13.1 Å². The molecule has 0 spiro atoms. The van der Waals surface area contributed by atoms with E-state index < -0.39 is 11.6 Å². The van der Waals surface area contributed by atoms with Crippen LogP contribution < -0.4 is 5.32 Å². The Morgan fingerprint density at radius 1 is 1.18 bits per heavy atom. The van der Waals surface area contributed by atoms with Gasteiger partial charge in [0.05, 0.1) is 0 Å². The van der Waals surface area contributed by atoms with E-state index in [0.717, 1.165) is 25.9 Å². The fraction of sp³-hybridized carbons (Fsp3) is 0.571. The molecule has 1 atom stereocenters. The summed E-state index contributed by atoms with van der Waals surface area (Å²) < 4.78 is 27.1. The zero-order valence-corrected chi connectivity index (χ0v) is 10.8. The lowest BCUT2D eigenvalue weighted by Gasteiger charge is -2.14. The third-order valence-corrected chi connectivity index (χ3v) is 3.02. The minimum atomic E-state index is -0.712. The molecule has 0 aromatic heterocycles. The maximum absolute atomic E-state index is 13.7. The molecule has 0 aliphatic heterocycles. The summed E-state index contributed by atoms with van der Waals surface area (Å²) in [5.74, 6) is -1.36. The summed E-state index contributed by atoms with van der Waals surface area (Å²) in [6.45, 7) is 7.42. The molecular weight excluding hydrogens is 220 g/mol. The normalized spacial score (nSPS) is 12.8. The highest BCUT2D eigenvalue weighted by atomic mass is 19.2. The number of hydrogen-bond acceptors (Lipinski definition) is 1. The topological polar surface area (TPSA) is 12.0 Å². The van der Waals surface area contributed by atoms with Crippen LogP contribution in [0, 0.1) is 18.6 Å². The van der Waals surface area contributed by atoms with Gasteiger partial charge >= 0.3 is 0 Å². The van der Waals surface area contributed by atoms with E-state index in [1.165, 1.54) is 0 Å². The Kier molecular flexibility index (Phi) is 5.56. The standard InChI is InChI=1S/C14H21F2N/c1-4-8-17-9-7-10(2)12-6-5-11(3)13(15)14(12)16/h5-6,10,17H,4,7-9H2,1-3H3. The summed E-state index contributed by atoms with van der Waals surface area (Å²) in [6, 6.07) is 3.34. The number of benzene rings is 1. The maximum atomic E-state index is 13.7. The summed E-state index contributed by atoms with van der Waals surface area (Å²) in [4.78, 5) is 0. The molecule has 0 aliphatic carbocycles. The van der Waals surface area contributed by atoms with E-state index >= 15 is 0 Å². The monoisotopic (exact) mass is 241 g/mol. The van der Waals surface area contributed by atoms with Crippen molar-refractivity contribution in [2.75, 3.05) is 13.1 Å². The molecule has 17 heavy (non-hydrogen) atoms. The Hall–Kier alpha value is -0.960. The van der Waals surface area contributed by atoms with Gasteiger partial charge in [-0.2, -0.15) is 0 Å². The highest BCUT2D eigenvalue weighted by Crippen LogP contribution is 2.24. The molecule has 0 radical (unpaired) electrons. The molecule has 0 amide bonds. The van der Waals surface area contributed by atoms with Crippen LogP contribution in [0.1, 0.15) is 43.7 Å². The Labute approximate surface area is 102 Å². The van der Waals surface area contributed by atoms with E-state index in [1.807, 2.05) is 6.92 Å². The third-order valence-electron chi connectivity index (χ3n) is 3.02. The molecule has 1 N–H and O–H groups in total. The van der Waals surface area contributed by atoms with Gasteiger partial charge in [-0.3, -0.25) is 0 Å². The van der Waals surface area contributed by atoms with Crippen molar-refractivity contribution in [3.05, 3.63) is 34.9 Å². The molecule has 0 fully saturated rings. The van der Waals surface area contributed by atoms with Crippen LogP contribution in [0.3, 0.4) is 0 Å². The van der Waals surface area contributed by atoms with Gasteiger partial charge in [0.2, 0.25) is 0 Å². The molecule has 96 valence electrons. The van der Waals surface area contributed by atoms with Crippen LogP contribution in [0.15, 0.2) is 12.1 Å². The predicted octanol–water partition coefficient (Wildman–Crippen LogP) is 3.77. The first kappa shape index (κ1) is 14.1. The lowest BCUT2D eigenvalue weighted by Crippen LogP contribution is -2.18. The lowest BCUT2D eigenvalue weighted by molar-refractivity contribution is 0.479. The van der Waals surface area contributed by atoms with Crippen LogP contribution >= 0.6 is 0 Å². The summed E-state index contributed by atoms with van der Waals surface area (Å²) in [7, 11) is 0. The highest BCUT2D eigenvalue weighted by Gasteiger charge is 2.15. The zero-order chi connectivity index (χ0) is 12.8. The molecule has 0 heterocycles. The second-order valence-corrected chi connectivity index (χ2v) is 4.54. The van der Waals surface area contributed by atoms with E-state index in [4.69, 9.17) is 0 Å². The van der Waals surface area contributed by atoms with Gasteiger partial charge in [0.25, 0.3) is 0 Å². The molecule has 0 saturated heterocycles. The van der Waals surface area contributed by atoms with Gasteiger partial charge in [-0.15, -0.1) is 0 Å². The summed E-state index contributed by atoms with van der Waals surface area (Å²) in [5, 5.41) is 3.26. The van der Waals surface area contributed by atoms with Crippen LogP contribution in [-0.2, 0) is 0 Å². The van der Waals surface area contributed by atoms with E-state index in [9.17, 15) is 8.78 Å². The molecule has 0 aliphatic rings. The molecule has 1 unspecified atom stereocenters. The molecule has 1 aromatic carbocycles. The number of hydrogen-bond donors (Lipinski definition) is 1. The molecule has 0 bridgehead atoms. The van der Waals surface area contributed by atoms with E-state index in [2.05, 4.69) is 12.2 Å². The number of aryl methyl sites for hydroxylation is 1. The Bertz CT molecular complexity index is 363. The number of rotatable bonds is 6. The molecule has 0 saturated carbocycles. The highest BCUT2D eigenvalue weighted by molar-refractivity contribution is 5.27. The largest absolute Gasteiger partial charge is 0.317 e. The zero-order valence-electron chi connectivity index (χ0n) is 10.8. The molecule has 1 nitrogen and oxygen atoms in total. The lowest BCUT2D eigenvalue weighted by atomic mass is 9.96. The minimum absolute atomic E-state index is 0.0365. The van der Waals surface area contributed by atoms with Crippen molar-refractivity contribution in [3.8, 4) is 0 Å². The Morgan fingerprint density at radius 3 is 2.53 bits per heavy atom. The summed E-state index contributed by atoms with van der Waals surface area (Å²) >= 11 is 0. The van der Waals surface area contributed by atoms with Gasteiger partial charge in [-0.25, -0.2) is 8.78 Å². The Balaban J connectivity index is 2.63. The summed E-state index contributed by atoms with van der Waals surface area (Å²) in [6.07, 6.45) is 1.90. The Morgan fingerprint density at radius 2 is 1.88 bits per heavy atom. The van der Waals surface area contributed by atoms with Gasteiger partial charge in [0, 0.05) is 0 Å². The molecule has 3 heteroatoms. The number of nitrogens with one attached hydrogen (secondary N) is 1. The van der Waals surface area contributed by atoms with E-state index in [0.29, 0.717) is 11.1 Å². The van der Waals surface area contributed by atoms with Crippen LogP contribution in [0.2, 0.25) is 0 Å². The van der Waals surface area contributed by atoms with Crippen molar-refractivity contribution in [1.82, 2.24) is 5.32 Å². The van der Waals surface area contributed by atoms with Crippen LogP contribution in [0.5, 0.6) is 0 Å². The van der Waals surface area contributed by atoms with Crippen LogP contribution in [0.25, 0.3) is 0 Å². The second kappa shape index (κ2) is 6.70. The van der Waals surface area contributed by atoms with E-state index in [1.54, 1.807) is 19.1 Å². The predicted molar refractivity (Wildman–Crippen MR) is 67.3 cm³/mol. The van der Waals surface area contributed by atoms with Crippen molar-refractivity contribution < 1.29 is 8.78 Å². The van der Waals surface area contributed by atoms with Crippen molar-refractivity contribution in [3.63, 3.8) is 0 Å². The summed E-state index contributed by atoms with van der Waals surface area (Å²) in [5.41, 5.74) is 0.842. The second-order valence-electron chi connectivity index (χ2n) is 4.54. The first-order valence-electron chi connectivity index (χ1n) is 6.23. The first-order chi connectivity index (χ1) is 8.07. The number of halogens is 2. The fourth-order valence-corrected chi connectivity index (χ4v) is 1.82. The average Bonchev–Trinajstić information content (AvgIpc) is 2.31. The molecule has 1 rings (SSSR count). The molecule has 1 aromatic rings. The molecular formula is C14H21F2N. The van der Waals surface area contributed by atoms with Gasteiger partial charge < -0.3 is 5.32 Å². The minimum Gasteiger partial charge on any atom is -0.317 e. The van der Waals surface area contributed by atoms with Crippen molar-refractivity contribution >= 4 is 0 Å². The average molecular weight is 241 g/mol. The smallest absolute Gasteiger partial charge is 0.162 e. The van der Waals surface area contributed by atoms with Crippen molar-refractivity contribution in [2.24, 2.45) is 0 Å². The van der Waals surface area contributed by atoms with E-state index in [-0.39, 0.29) is 5.92 Å².